The molecule has 1 saturated heterocycles. The lowest BCUT2D eigenvalue weighted by Crippen LogP contribution is -2.52. The van der Waals surface area contributed by atoms with Gasteiger partial charge in [0.1, 0.15) is 6.10 Å². The summed E-state index contributed by atoms with van der Waals surface area (Å²) in [7, 11) is 3.46. The zero-order valence-electron chi connectivity index (χ0n) is 19.6. The van der Waals surface area contributed by atoms with E-state index in [-0.39, 0.29) is 24.1 Å². The molecule has 2 fully saturated rings. The van der Waals surface area contributed by atoms with Gasteiger partial charge in [0.15, 0.2) is 0 Å². The summed E-state index contributed by atoms with van der Waals surface area (Å²) >= 11 is 0. The number of anilines is 2. The van der Waals surface area contributed by atoms with Gasteiger partial charge in [0.25, 0.3) is 0 Å². The zero-order chi connectivity index (χ0) is 23.9. The third-order valence-electron chi connectivity index (χ3n) is 5.98. The van der Waals surface area contributed by atoms with E-state index >= 15 is 0 Å². The number of carbonyl (C=O) groups is 1. The van der Waals surface area contributed by atoms with Gasteiger partial charge in [-0.1, -0.05) is 0 Å². The molecule has 12 nitrogen and oxygen atoms in total. The van der Waals surface area contributed by atoms with Crippen LogP contribution in [0.5, 0.6) is 5.88 Å². The number of aromatic nitrogens is 4. The molecule has 2 aromatic rings. The lowest BCUT2D eigenvalue weighted by molar-refractivity contribution is 0.0405. The predicted octanol–water partition coefficient (Wildman–Crippen LogP) is 0.940. The van der Waals surface area contributed by atoms with Gasteiger partial charge in [-0.25, -0.2) is 19.7 Å². The molecule has 3 N–H and O–H groups in total. The molecule has 0 bridgehead atoms. The number of amides is 2. The Morgan fingerprint density at radius 2 is 2.00 bits per heavy atom. The molecule has 0 atom stereocenters. The molecule has 0 spiro atoms. The summed E-state index contributed by atoms with van der Waals surface area (Å²) in [5.74, 6) is 1.27. The van der Waals surface area contributed by atoms with Gasteiger partial charge in [-0.3, -0.25) is 0 Å². The van der Waals surface area contributed by atoms with Crippen LogP contribution in [-0.4, -0.2) is 96.6 Å². The highest BCUT2D eigenvalue weighted by molar-refractivity contribution is 5.74. The molecular weight excluding hydrogens is 440 g/mol. The molecular formula is C22H32N8O4. The Labute approximate surface area is 198 Å². The molecule has 184 valence electrons. The first-order chi connectivity index (χ1) is 16.5. The first kappa shape index (κ1) is 23.9. The Kier molecular flexibility index (Phi) is 7.91. The quantitative estimate of drug-likeness (QED) is 0.507. The van der Waals surface area contributed by atoms with Crippen molar-refractivity contribution in [3.8, 4) is 17.1 Å². The molecule has 2 amide bonds. The standard InChI is InChI=1S/C22H32N8O4/c1-29(22(31)24-4-3-7-32-2)16-10-17(11-16)34-19-12-18(15-13-25-20(23)26-14-15)27-21(28-19)30-5-8-33-9-6-30/h12-14,16-17H,3-11H2,1-2H3,(H,24,31)(H2,23,25,26). The van der Waals surface area contributed by atoms with Gasteiger partial charge < -0.3 is 35.1 Å². The van der Waals surface area contributed by atoms with Gasteiger partial charge >= 0.3 is 6.03 Å². The molecule has 0 unspecified atom stereocenters. The van der Waals surface area contributed by atoms with Crippen LogP contribution < -0.4 is 20.7 Å². The zero-order valence-corrected chi connectivity index (χ0v) is 19.6. The number of nitrogen functional groups attached to an aromatic ring is 1. The van der Waals surface area contributed by atoms with Crippen LogP contribution in [-0.2, 0) is 9.47 Å². The minimum atomic E-state index is -0.0816. The minimum Gasteiger partial charge on any atom is -0.474 e. The number of urea groups is 1. The molecule has 3 heterocycles. The van der Waals surface area contributed by atoms with Gasteiger partial charge in [-0.2, -0.15) is 4.98 Å². The summed E-state index contributed by atoms with van der Waals surface area (Å²) in [6, 6.07) is 1.83. The smallest absolute Gasteiger partial charge is 0.317 e. The third kappa shape index (κ3) is 6.00. The van der Waals surface area contributed by atoms with Crippen molar-refractivity contribution in [2.45, 2.75) is 31.4 Å². The fourth-order valence-electron chi connectivity index (χ4n) is 3.82. The topological polar surface area (TPSA) is 141 Å². The van der Waals surface area contributed by atoms with Crippen molar-refractivity contribution in [3.05, 3.63) is 18.5 Å². The monoisotopic (exact) mass is 472 g/mol. The van der Waals surface area contributed by atoms with Crippen molar-refractivity contribution in [3.63, 3.8) is 0 Å². The number of nitrogens with zero attached hydrogens (tertiary/aromatic N) is 6. The van der Waals surface area contributed by atoms with Crippen molar-refractivity contribution in [2.75, 3.05) is 64.2 Å². The van der Waals surface area contributed by atoms with Gasteiger partial charge in [0, 0.05) is 83.3 Å². The second-order valence-electron chi connectivity index (χ2n) is 8.38. The molecule has 12 heteroatoms. The van der Waals surface area contributed by atoms with Crippen LogP contribution in [0.4, 0.5) is 16.7 Å². The summed E-state index contributed by atoms with van der Waals surface area (Å²) < 4.78 is 16.7. The maximum absolute atomic E-state index is 12.3. The normalized spacial score (nSPS) is 19.9. The number of hydrogen-bond donors (Lipinski definition) is 2. The minimum absolute atomic E-state index is 0.0308. The van der Waals surface area contributed by atoms with E-state index < -0.39 is 0 Å². The number of morpholine rings is 1. The predicted molar refractivity (Wildman–Crippen MR) is 126 cm³/mol. The van der Waals surface area contributed by atoms with E-state index in [1.54, 1.807) is 30.5 Å². The van der Waals surface area contributed by atoms with E-state index in [0.717, 1.165) is 24.8 Å². The average molecular weight is 473 g/mol. The number of nitrogens with two attached hydrogens (primary N) is 1. The van der Waals surface area contributed by atoms with Gasteiger partial charge in [-0.15, -0.1) is 0 Å². The van der Waals surface area contributed by atoms with Crippen LogP contribution in [0.25, 0.3) is 11.3 Å². The van der Waals surface area contributed by atoms with Crippen molar-refractivity contribution in [2.24, 2.45) is 0 Å². The Hall–Kier alpha value is -3.25. The highest BCUT2D eigenvalue weighted by Gasteiger charge is 2.36. The fourth-order valence-corrected chi connectivity index (χ4v) is 3.82. The summed E-state index contributed by atoms with van der Waals surface area (Å²) in [6.45, 7) is 3.87. The SMILES string of the molecule is COCCCNC(=O)N(C)C1CC(Oc2cc(-c3cnc(N)nc3)nc(N3CCOCC3)n2)C1. The molecule has 1 aliphatic heterocycles. The largest absolute Gasteiger partial charge is 0.474 e. The fraction of sp³-hybridized carbons (Fsp3) is 0.591. The average Bonchev–Trinajstić information content (AvgIpc) is 2.84. The first-order valence-corrected chi connectivity index (χ1v) is 11.5. The molecule has 0 radical (unpaired) electrons. The van der Waals surface area contributed by atoms with Crippen LogP contribution in [0.15, 0.2) is 18.5 Å². The molecule has 0 aromatic carbocycles. The van der Waals surface area contributed by atoms with Crippen molar-refractivity contribution in [1.29, 1.82) is 0 Å². The molecule has 1 saturated carbocycles. The van der Waals surface area contributed by atoms with Crippen molar-refractivity contribution >= 4 is 17.9 Å². The number of rotatable bonds is 9. The number of nitrogens with one attached hydrogen (secondary N) is 1. The van der Waals surface area contributed by atoms with Gasteiger partial charge in [-0.05, 0) is 6.42 Å². The van der Waals surface area contributed by atoms with E-state index in [1.807, 2.05) is 7.05 Å². The number of hydrogen-bond acceptors (Lipinski definition) is 10. The molecule has 34 heavy (non-hydrogen) atoms. The van der Waals surface area contributed by atoms with E-state index in [2.05, 4.69) is 25.2 Å². The van der Waals surface area contributed by atoms with E-state index in [9.17, 15) is 4.79 Å². The number of carbonyl (C=O) groups excluding carboxylic acids is 1. The van der Waals surface area contributed by atoms with E-state index in [0.29, 0.717) is 57.0 Å². The molecule has 2 aliphatic rings. The third-order valence-corrected chi connectivity index (χ3v) is 5.98. The molecule has 4 rings (SSSR count). The van der Waals surface area contributed by atoms with Crippen LogP contribution in [0, 0.1) is 0 Å². The summed E-state index contributed by atoms with van der Waals surface area (Å²) in [5, 5.41) is 2.91. The Morgan fingerprint density at radius 1 is 1.26 bits per heavy atom. The van der Waals surface area contributed by atoms with E-state index in [4.69, 9.17) is 24.9 Å². The van der Waals surface area contributed by atoms with E-state index in [1.165, 1.54) is 0 Å². The number of ether oxygens (including phenoxy) is 3. The summed E-state index contributed by atoms with van der Waals surface area (Å²) in [5.41, 5.74) is 7.02. The first-order valence-electron chi connectivity index (χ1n) is 11.5. The molecule has 2 aromatic heterocycles. The Balaban J connectivity index is 1.40. The van der Waals surface area contributed by atoms with Gasteiger partial charge in [0.2, 0.25) is 17.8 Å². The maximum atomic E-state index is 12.3. The van der Waals surface area contributed by atoms with Crippen molar-refractivity contribution < 1.29 is 19.0 Å². The second-order valence-corrected chi connectivity index (χ2v) is 8.38. The highest BCUT2D eigenvalue weighted by Crippen LogP contribution is 2.31. The second kappa shape index (κ2) is 11.3. The maximum Gasteiger partial charge on any atom is 0.317 e. The Morgan fingerprint density at radius 3 is 2.71 bits per heavy atom. The summed E-state index contributed by atoms with van der Waals surface area (Å²) in [4.78, 5) is 33.6. The van der Waals surface area contributed by atoms with Crippen LogP contribution in [0.1, 0.15) is 19.3 Å². The lowest BCUT2D eigenvalue weighted by Gasteiger charge is -2.40. The summed E-state index contributed by atoms with van der Waals surface area (Å²) in [6.07, 6.45) is 5.50. The van der Waals surface area contributed by atoms with Gasteiger partial charge in [0.05, 0.1) is 18.9 Å². The lowest BCUT2D eigenvalue weighted by atomic mass is 9.88. The highest BCUT2D eigenvalue weighted by atomic mass is 16.5. The Bertz CT molecular complexity index is 948. The van der Waals surface area contributed by atoms with Crippen LogP contribution in [0.3, 0.4) is 0 Å². The van der Waals surface area contributed by atoms with Crippen LogP contribution in [0.2, 0.25) is 0 Å². The number of methoxy groups -OCH3 is 1. The van der Waals surface area contributed by atoms with Crippen molar-refractivity contribution in [1.82, 2.24) is 30.2 Å². The molecule has 1 aliphatic carbocycles. The van der Waals surface area contributed by atoms with Crippen LogP contribution >= 0.6 is 0 Å².